The first-order valence-electron chi connectivity index (χ1n) is 13.1. The molecule has 204 valence electrons. The molecule has 0 radical (unpaired) electrons. The fourth-order valence-corrected chi connectivity index (χ4v) is 5.13. The Morgan fingerprint density at radius 1 is 0.902 bits per heavy atom. The summed E-state index contributed by atoms with van der Waals surface area (Å²) >= 11 is 0. The quantitative estimate of drug-likeness (QED) is 0.300. The monoisotopic (exact) mass is 546 g/mol. The number of ether oxygens (including phenoxy) is 1. The molecule has 0 saturated carbocycles. The van der Waals surface area contributed by atoms with Crippen LogP contribution in [0.2, 0.25) is 0 Å². The van der Waals surface area contributed by atoms with Crippen molar-refractivity contribution in [3.8, 4) is 17.0 Å². The van der Waals surface area contributed by atoms with E-state index >= 15 is 0 Å². The lowest BCUT2D eigenvalue weighted by Gasteiger charge is -2.11. The van der Waals surface area contributed by atoms with Gasteiger partial charge in [0.05, 0.1) is 24.3 Å². The molecule has 1 N–H and O–H groups in total. The van der Waals surface area contributed by atoms with Crippen LogP contribution in [-0.2, 0) is 20.1 Å². The maximum atomic E-state index is 13.6. The molecule has 0 amide bonds. The third-order valence-electron chi connectivity index (χ3n) is 7.14. The molecular formula is C32H26N4O5. The summed E-state index contributed by atoms with van der Waals surface area (Å²) in [6.07, 6.45) is 0. The van der Waals surface area contributed by atoms with Crippen molar-refractivity contribution in [2.75, 3.05) is 6.61 Å². The average molecular weight is 547 g/mol. The number of hydrogen-bond acceptors (Lipinski definition) is 5. The maximum Gasteiger partial charge on any atom is 0.335 e. The topological polar surface area (TPSA) is 108 Å². The van der Waals surface area contributed by atoms with Gasteiger partial charge in [-0.15, -0.1) is 0 Å². The van der Waals surface area contributed by atoms with Crippen LogP contribution in [-0.4, -0.2) is 36.6 Å². The largest absolute Gasteiger partial charge is 0.492 e. The van der Waals surface area contributed by atoms with Crippen LogP contribution in [0.4, 0.5) is 0 Å². The smallest absolute Gasteiger partial charge is 0.335 e. The van der Waals surface area contributed by atoms with Gasteiger partial charge in [-0.1, -0.05) is 72.8 Å². The number of carboxylic acid groups (broad SMARTS) is 1. The van der Waals surface area contributed by atoms with Crippen molar-refractivity contribution in [1.82, 2.24) is 18.9 Å². The van der Waals surface area contributed by atoms with Gasteiger partial charge in [-0.25, -0.2) is 9.59 Å². The highest BCUT2D eigenvalue weighted by molar-refractivity contribution is 5.94. The predicted octanol–water partition coefficient (Wildman–Crippen LogP) is 4.54. The normalized spacial score (nSPS) is 11.2. The second-order valence-electron chi connectivity index (χ2n) is 9.69. The van der Waals surface area contributed by atoms with Crippen molar-refractivity contribution < 1.29 is 14.6 Å². The zero-order valence-electron chi connectivity index (χ0n) is 22.2. The third-order valence-corrected chi connectivity index (χ3v) is 7.14. The summed E-state index contributed by atoms with van der Waals surface area (Å²) < 4.78 is 10.0. The maximum absolute atomic E-state index is 13.6. The van der Waals surface area contributed by atoms with E-state index in [1.807, 2.05) is 72.8 Å². The average Bonchev–Trinajstić information content (AvgIpc) is 3.37. The Kier molecular flexibility index (Phi) is 6.68. The van der Waals surface area contributed by atoms with E-state index in [0.717, 1.165) is 20.9 Å². The highest BCUT2D eigenvalue weighted by atomic mass is 16.5. The molecule has 0 aliphatic rings. The first kappa shape index (κ1) is 25.8. The molecule has 9 nitrogen and oxygen atoms in total. The number of benzene rings is 4. The Bertz CT molecular complexity index is 2030. The van der Waals surface area contributed by atoms with Crippen molar-refractivity contribution in [1.29, 1.82) is 0 Å². The summed E-state index contributed by atoms with van der Waals surface area (Å²) in [5, 5.41) is 16.8. The standard InChI is InChI=1S/C32H26N4O5/c1-34-30(37)27-28(22-11-8-12-23(19-22)31(38)39)36(20-24-13-7-10-21-9-5-6-16-26(21)24)33-29(27)35(32(34)40)17-18-41-25-14-3-2-4-15-25/h2-16,19H,17-18,20H2,1H3,(H,38,39). The van der Waals surface area contributed by atoms with Crippen LogP contribution in [0.3, 0.4) is 0 Å². The van der Waals surface area contributed by atoms with Crippen molar-refractivity contribution >= 4 is 27.8 Å². The van der Waals surface area contributed by atoms with Crippen LogP contribution >= 0.6 is 0 Å². The summed E-state index contributed by atoms with van der Waals surface area (Å²) in [6, 6.07) is 29.6. The molecule has 0 aliphatic heterocycles. The fraction of sp³-hybridized carbons (Fsp3) is 0.125. The highest BCUT2D eigenvalue weighted by Crippen LogP contribution is 2.29. The zero-order chi connectivity index (χ0) is 28.5. The van der Waals surface area contributed by atoms with Crippen molar-refractivity contribution in [2.45, 2.75) is 13.1 Å². The van der Waals surface area contributed by atoms with Gasteiger partial charge >= 0.3 is 11.7 Å². The summed E-state index contributed by atoms with van der Waals surface area (Å²) in [5.74, 6) is -0.423. The van der Waals surface area contributed by atoms with Gasteiger partial charge in [-0.05, 0) is 40.6 Å². The lowest BCUT2D eigenvalue weighted by atomic mass is 10.0. The van der Waals surface area contributed by atoms with Gasteiger partial charge < -0.3 is 9.84 Å². The molecular weight excluding hydrogens is 520 g/mol. The zero-order valence-corrected chi connectivity index (χ0v) is 22.2. The first-order valence-corrected chi connectivity index (χ1v) is 13.1. The van der Waals surface area contributed by atoms with Gasteiger partial charge in [0.2, 0.25) is 0 Å². The van der Waals surface area contributed by atoms with Gasteiger partial charge in [0.25, 0.3) is 5.56 Å². The van der Waals surface area contributed by atoms with Crippen molar-refractivity contribution in [2.24, 2.45) is 7.05 Å². The minimum Gasteiger partial charge on any atom is -0.492 e. The van der Waals surface area contributed by atoms with Crippen LogP contribution in [0.1, 0.15) is 15.9 Å². The molecule has 0 aliphatic carbocycles. The van der Waals surface area contributed by atoms with Gasteiger partial charge in [0.1, 0.15) is 17.7 Å². The lowest BCUT2D eigenvalue weighted by Crippen LogP contribution is -2.39. The Labute approximate surface area is 234 Å². The Morgan fingerprint density at radius 2 is 1.63 bits per heavy atom. The third kappa shape index (κ3) is 4.78. The Hall–Kier alpha value is -5.44. The van der Waals surface area contributed by atoms with E-state index in [-0.39, 0.29) is 29.7 Å². The molecule has 41 heavy (non-hydrogen) atoms. The van der Waals surface area contributed by atoms with Crippen molar-refractivity contribution in [3.05, 3.63) is 129 Å². The number of nitrogens with zero attached hydrogens (tertiary/aromatic N) is 4. The first-order chi connectivity index (χ1) is 19.9. The van der Waals surface area contributed by atoms with E-state index in [0.29, 0.717) is 23.6 Å². The molecule has 0 bridgehead atoms. The number of para-hydroxylation sites is 1. The minimum atomic E-state index is -1.08. The molecule has 9 heteroatoms. The summed E-state index contributed by atoms with van der Waals surface area (Å²) in [7, 11) is 1.43. The SMILES string of the molecule is Cn1c(=O)c2c(-c3cccc(C(=O)O)c3)n(Cc3cccc4ccccc34)nc2n(CCOc2ccccc2)c1=O. The van der Waals surface area contributed by atoms with Crippen LogP contribution < -0.4 is 16.0 Å². The molecule has 0 spiro atoms. The fourth-order valence-electron chi connectivity index (χ4n) is 5.13. The molecule has 6 aromatic rings. The molecule has 0 unspecified atom stereocenters. The van der Waals surface area contributed by atoms with E-state index in [1.54, 1.807) is 16.8 Å². The number of rotatable bonds is 8. The molecule has 2 heterocycles. The van der Waals surface area contributed by atoms with Gasteiger partial charge in [-0.3, -0.25) is 18.6 Å². The predicted molar refractivity (Wildman–Crippen MR) is 157 cm³/mol. The second-order valence-corrected chi connectivity index (χ2v) is 9.69. The van der Waals surface area contributed by atoms with Gasteiger partial charge in [-0.2, -0.15) is 5.10 Å². The number of hydrogen-bond donors (Lipinski definition) is 1. The number of aromatic carboxylic acids is 1. The second kappa shape index (κ2) is 10.6. The Morgan fingerprint density at radius 3 is 2.44 bits per heavy atom. The van der Waals surface area contributed by atoms with Crippen LogP contribution in [0.15, 0.2) is 107 Å². The molecule has 6 rings (SSSR count). The van der Waals surface area contributed by atoms with Crippen LogP contribution in [0.25, 0.3) is 33.1 Å². The van der Waals surface area contributed by atoms with Gasteiger partial charge in [0.15, 0.2) is 5.65 Å². The number of fused-ring (bicyclic) bond motifs is 2. The van der Waals surface area contributed by atoms with E-state index < -0.39 is 17.2 Å². The van der Waals surface area contributed by atoms with Crippen LogP contribution in [0.5, 0.6) is 5.75 Å². The lowest BCUT2D eigenvalue weighted by molar-refractivity contribution is 0.0697. The van der Waals surface area contributed by atoms with E-state index in [9.17, 15) is 19.5 Å². The number of carboxylic acids is 1. The van der Waals surface area contributed by atoms with E-state index in [2.05, 4.69) is 0 Å². The summed E-state index contributed by atoms with van der Waals surface area (Å²) in [4.78, 5) is 38.8. The summed E-state index contributed by atoms with van der Waals surface area (Å²) in [6.45, 7) is 0.621. The summed E-state index contributed by atoms with van der Waals surface area (Å²) in [5.41, 5.74) is 1.18. The number of aromatic nitrogens is 4. The molecule has 0 saturated heterocycles. The van der Waals surface area contributed by atoms with E-state index in [4.69, 9.17) is 9.84 Å². The minimum absolute atomic E-state index is 0.0787. The van der Waals surface area contributed by atoms with Crippen molar-refractivity contribution in [3.63, 3.8) is 0 Å². The van der Waals surface area contributed by atoms with E-state index in [1.165, 1.54) is 23.7 Å². The highest BCUT2D eigenvalue weighted by Gasteiger charge is 2.23. The molecule has 2 aromatic heterocycles. The molecule has 4 aromatic carbocycles. The number of carbonyl (C=O) groups is 1. The van der Waals surface area contributed by atoms with Crippen LogP contribution in [0, 0.1) is 0 Å². The molecule has 0 atom stereocenters. The molecule has 0 fully saturated rings. The van der Waals surface area contributed by atoms with Gasteiger partial charge in [0, 0.05) is 12.6 Å². The Balaban J connectivity index is 1.56.